The van der Waals surface area contributed by atoms with E-state index in [1.807, 2.05) is 0 Å². The van der Waals surface area contributed by atoms with Gasteiger partial charge in [0.25, 0.3) is 0 Å². The highest BCUT2D eigenvalue weighted by Crippen LogP contribution is 2.28. The van der Waals surface area contributed by atoms with Crippen LogP contribution in [0, 0.1) is 0 Å². The Bertz CT molecular complexity index is 475. The molecule has 1 aromatic carbocycles. The molecule has 0 heterocycles. The molecule has 7 heteroatoms. The van der Waals surface area contributed by atoms with Gasteiger partial charge in [0.2, 0.25) is 0 Å². The predicted octanol–water partition coefficient (Wildman–Crippen LogP) is 3.14. The molecule has 0 spiro atoms. The first kappa shape index (κ1) is 17.3. The minimum absolute atomic E-state index is 0.0519. The molecule has 1 atom stereocenters. The van der Waals surface area contributed by atoms with Gasteiger partial charge < -0.3 is 14.4 Å². The van der Waals surface area contributed by atoms with Gasteiger partial charge in [0.1, 0.15) is 5.75 Å². The first-order valence-corrected chi connectivity index (χ1v) is 6.40. The Hall–Kier alpha value is -1.76. The molecule has 0 aliphatic rings. The van der Waals surface area contributed by atoms with Crippen LogP contribution < -0.4 is 4.74 Å². The number of alkyl halides is 3. The van der Waals surface area contributed by atoms with Crippen molar-refractivity contribution in [1.29, 1.82) is 0 Å². The number of carbonyl (C=O) groups excluding carboxylic acids is 1. The third-order valence-corrected chi connectivity index (χ3v) is 2.77. The minimum Gasteiger partial charge on any atom is -0.466 e. The molecule has 0 bridgehead atoms. The van der Waals surface area contributed by atoms with Gasteiger partial charge in [-0.3, -0.25) is 4.79 Å². The predicted molar refractivity (Wildman–Crippen MR) is 70.8 cm³/mol. The van der Waals surface area contributed by atoms with Crippen molar-refractivity contribution >= 4 is 5.97 Å². The maximum atomic E-state index is 12.2. The third kappa shape index (κ3) is 6.03. The second kappa shape index (κ2) is 7.31. The Balaban J connectivity index is 2.93. The van der Waals surface area contributed by atoms with Crippen molar-refractivity contribution in [2.75, 3.05) is 20.7 Å². The summed E-state index contributed by atoms with van der Waals surface area (Å²) in [5.41, 5.74) is 0.551. The van der Waals surface area contributed by atoms with Gasteiger partial charge in [-0.2, -0.15) is 0 Å². The molecule has 4 nitrogen and oxygen atoms in total. The van der Waals surface area contributed by atoms with Crippen LogP contribution in [0.25, 0.3) is 0 Å². The van der Waals surface area contributed by atoms with Gasteiger partial charge in [0.05, 0.1) is 13.0 Å². The fraction of sp³-hybridized carbons (Fsp3) is 0.500. The fourth-order valence-corrected chi connectivity index (χ4v) is 1.90. The number of halogens is 3. The van der Waals surface area contributed by atoms with Gasteiger partial charge in [-0.15, -0.1) is 13.2 Å². The normalized spacial score (nSPS) is 13.1. The molecule has 0 fully saturated rings. The van der Waals surface area contributed by atoms with Crippen LogP contribution in [0.2, 0.25) is 0 Å². The van der Waals surface area contributed by atoms with Gasteiger partial charge in [-0.05, 0) is 38.7 Å². The van der Waals surface area contributed by atoms with Crippen LogP contribution in [-0.2, 0) is 9.53 Å². The second-order valence-electron chi connectivity index (χ2n) is 4.61. The van der Waals surface area contributed by atoms with E-state index in [1.165, 1.54) is 18.2 Å². The average molecular weight is 305 g/mol. The topological polar surface area (TPSA) is 38.8 Å². The summed E-state index contributed by atoms with van der Waals surface area (Å²) in [5, 5.41) is 0. The summed E-state index contributed by atoms with van der Waals surface area (Å²) in [6, 6.07) is 5.21. The van der Waals surface area contributed by atoms with Crippen molar-refractivity contribution in [3.05, 3.63) is 29.8 Å². The van der Waals surface area contributed by atoms with Gasteiger partial charge in [-0.25, -0.2) is 0 Å². The third-order valence-electron chi connectivity index (χ3n) is 2.77. The molecule has 118 valence electrons. The summed E-state index contributed by atoms with van der Waals surface area (Å²) in [6.07, 6.45) is -4.69. The van der Waals surface area contributed by atoms with Crippen molar-refractivity contribution in [3.63, 3.8) is 0 Å². The fourth-order valence-electron chi connectivity index (χ4n) is 1.90. The molecule has 0 saturated carbocycles. The van der Waals surface area contributed by atoms with Gasteiger partial charge in [0, 0.05) is 6.04 Å². The molecule has 21 heavy (non-hydrogen) atoms. The van der Waals surface area contributed by atoms with Crippen LogP contribution in [0.5, 0.6) is 5.75 Å². The Morgan fingerprint density at radius 3 is 2.52 bits per heavy atom. The summed E-state index contributed by atoms with van der Waals surface area (Å²) in [6.45, 7) is 1.95. The van der Waals surface area contributed by atoms with Crippen LogP contribution >= 0.6 is 0 Å². The number of benzene rings is 1. The number of nitrogens with zero attached hydrogens (tertiary/aromatic N) is 1. The van der Waals surface area contributed by atoms with Crippen molar-refractivity contribution in [2.45, 2.75) is 25.7 Å². The van der Waals surface area contributed by atoms with Crippen molar-refractivity contribution in [2.24, 2.45) is 0 Å². The van der Waals surface area contributed by atoms with Crippen LogP contribution in [0.3, 0.4) is 0 Å². The lowest BCUT2D eigenvalue weighted by molar-refractivity contribution is -0.274. The van der Waals surface area contributed by atoms with Crippen molar-refractivity contribution in [1.82, 2.24) is 4.90 Å². The standard InChI is InChI=1S/C14H18F3NO3/c1-4-20-13(19)9-12(18(2)3)10-6-5-7-11(8-10)21-14(15,16)17/h5-8,12H,4,9H2,1-3H3. The summed E-state index contributed by atoms with van der Waals surface area (Å²) in [5.74, 6) is -0.714. The number of hydrogen-bond acceptors (Lipinski definition) is 4. The SMILES string of the molecule is CCOC(=O)CC(c1cccc(OC(F)(F)F)c1)N(C)C. The quantitative estimate of drug-likeness (QED) is 0.757. The number of hydrogen-bond donors (Lipinski definition) is 0. The maximum absolute atomic E-state index is 12.2. The zero-order valence-electron chi connectivity index (χ0n) is 12.1. The Kier molecular flexibility index (Phi) is 6.02. The summed E-state index contributed by atoms with van der Waals surface area (Å²) >= 11 is 0. The van der Waals surface area contributed by atoms with Gasteiger partial charge in [0.15, 0.2) is 0 Å². The average Bonchev–Trinajstić information content (AvgIpc) is 2.34. The summed E-state index contributed by atoms with van der Waals surface area (Å²) < 4.78 is 45.5. The molecule has 0 amide bonds. The number of esters is 1. The van der Waals surface area contributed by atoms with E-state index in [9.17, 15) is 18.0 Å². The Morgan fingerprint density at radius 1 is 1.33 bits per heavy atom. The summed E-state index contributed by atoms with van der Waals surface area (Å²) in [4.78, 5) is 13.3. The van der Waals surface area contributed by atoms with E-state index in [4.69, 9.17) is 4.74 Å². The zero-order valence-corrected chi connectivity index (χ0v) is 12.1. The molecule has 0 aliphatic heterocycles. The van der Waals surface area contributed by atoms with E-state index in [2.05, 4.69) is 4.74 Å². The largest absolute Gasteiger partial charge is 0.573 e. The lowest BCUT2D eigenvalue weighted by atomic mass is 10.0. The van der Waals surface area contributed by atoms with E-state index in [0.29, 0.717) is 5.56 Å². The van der Waals surface area contributed by atoms with E-state index in [-0.39, 0.29) is 24.8 Å². The zero-order chi connectivity index (χ0) is 16.0. The highest BCUT2D eigenvalue weighted by Gasteiger charge is 2.31. The number of rotatable bonds is 6. The molecule has 0 N–H and O–H groups in total. The smallest absolute Gasteiger partial charge is 0.466 e. The van der Waals surface area contributed by atoms with E-state index >= 15 is 0 Å². The van der Waals surface area contributed by atoms with E-state index in [0.717, 1.165) is 0 Å². The first-order chi connectivity index (χ1) is 9.73. The molecular formula is C14H18F3NO3. The van der Waals surface area contributed by atoms with Crippen LogP contribution in [0.1, 0.15) is 24.9 Å². The molecule has 0 aliphatic carbocycles. The Morgan fingerprint density at radius 2 is 2.00 bits per heavy atom. The number of ether oxygens (including phenoxy) is 2. The molecule has 1 aromatic rings. The highest BCUT2D eigenvalue weighted by atomic mass is 19.4. The lowest BCUT2D eigenvalue weighted by Crippen LogP contribution is -2.24. The lowest BCUT2D eigenvalue weighted by Gasteiger charge is -2.24. The molecular weight excluding hydrogens is 287 g/mol. The van der Waals surface area contributed by atoms with Crippen LogP contribution in [0.4, 0.5) is 13.2 Å². The molecule has 1 rings (SSSR count). The molecule has 0 saturated heterocycles. The molecule has 1 unspecified atom stereocenters. The molecule has 0 radical (unpaired) electrons. The number of carbonyl (C=O) groups is 1. The van der Waals surface area contributed by atoms with Crippen LogP contribution in [0.15, 0.2) is 24.3 Å². The summed E-state index contributed by atoms with van der Waals surface area (Å²) in [7, 11) is 3.47. The van der Waals surface area contributed by atoms with E-state index < -0.39 is 12.3 Å². The first-order valence-electron chi connectivity index (χ1n) is 6.40. The van der Waals surface area contributed by atoms with Gasteiger partial charge in [-0.1, -0.05) is 12.1 Å². The second-order valence-corrected chi connectivity index (χ2v) is 4.61. The van der Waals surface area contributed by atoms with Gasteiger partial charge >= 0.3 is 12.3 Å². The maximum Gasteiger partial charge on any atom is 0.573 e. The van der Waals surface area contributed by atoms with Crippen molar-refractivity contribution < 1.29 is 27.4 Å². The monoisotopic (exact) mass is 305 g/mol. The van der Waals surface area contributed by atoms with Crippen molar-refractivity contribution in [3.8, 4) is 5.75 Å². The van der Waals surface area contributed by atoms with Crippen LogP contribution in [-0.4, -0.2) is 37.9 Å². The van der Waals surface area contributed by atoms with E-state index in [1.54, 1.807) is 32.0 Å². The molecule has 0 aromatic heterocycles. The Labute approximate surface area is 121 Å². The minimum atomic E-state index is -4.74. The highest BCUT2D eigenvalue weighted by molar-refractivity contribution is 5.70.